The first-order chi connectivity index (χ1) is 16.6. The summed E-state index contributed by atoms with van der Waals surface area (Å²) in [5, 5.41) is 25.1. The van der Waals surface area contributed by atoms with Gasteiger partial charge in [0.1, 0.15) is 18.1 Å². The molecule has 0 saturated carbocycles. The number of aliphatic carboxylic acids is 2. The van der Waals surface area contributed by atoms with Crippen molar-refractivity contribution in [2.75, 3.05) is 0 Å². The summed E-state index contributed by atoms with van der Waals surface area (Å²) in [5.74, 6) is -6.76. The normalized spacial score (nSPS) is 14.1. The van der Waals surface area contributed by atoms with Crippen molar-refractivity contribution in [3.8, 4) is 0 Å². The van der Waals surface area contributed by atoms with Crippen LogP contribution in [0.3, 0.4) is 0 Å². The second-order valence-corrected chi connectivity index (χ2v) is 8.70. The molecule has 204 valence electrons. The van der Waals surface area contributed by atoms with E-state index in [1.54, 1.807) is 13.8 Å². The van der Waals surface area contributed by atoms with Crippen molar-refractivity contribution < 1.29 is 43.8 Å². The van der Waals surface area contributed by atoms with E-state index in [1.165, 1.54) is 0 Å². The summed E-state index contributed by atoms with van der Waals surface area (Å²) >= 11 is 0. The molecule has 4 atom stereocenters. The summed E-state index contributed by atoms with van der Waals surface area (Å²) < 4.78 is 0. The van der Waals surface area contributed by atoms with Crippen molar-refractivity contribution in [3.05, 3.63) is 0 Å². The average Bonchev–Trinajstić information content (AvgIpc) is 2.75. The predicted molar refractivity (Wildman–Crippen MR) is 125 cm³/mol. The largest absolute Gasteiger partial charge is 0.481 e. The number of rotatable bonds is 18. The highest BCUT2D eigenvalue weighted by Crippen LogP contribution is 2.09. The van der Waals surface area contributed by atoms with E-state index in [-0.39, 0.29) is 50.9 Å². The van der Waals surface area contributed by atoms with Gasteiger partial charge in [-0.15, -0.1) is 0 Å². The summed E-state index contributed by atoms with van der Waals surface area (Å²) in [5.41, 5.74) is 15.9. The monoisotopic (exact) mass is 516 g/mol. The van der Waals surface area contributed by atoms with E-state index < -0.39 is 65.6 Å². The molecular formula is C21H36N6O9. The number of carboxylic acids is 2. The van der Waals surface area contributed by atoms with Gasteiger partial charge in [-0.2, -0.15) is 0 Å². The van der Waals surface area contributed by atoms with E-state index in [1.807, 2.05) is 0 Å². The Morgan fingerprint density at radius 3 is 1.56 bits per heavy atom. The Bertz CT molecular complexity index is 833. The van der Waals surface area contributed by atoms with E-state index in [0.29, 0.717) is 0 Å². The van der Waals surface area contributed by atoms with Crippen LogP contribution in [0.5, 0.6) is 0 Å². The number of amides is 5. The molecule has 5 amide bonds. The van der Waals surface area contributed by atoms with Crippen LogP contribution in [0.2, 0.25) is 0 Å². The molecule has 0 aromatic rings. The van der Waals surface area contributed by atoms with Crippen LogP contribution in [0.4, 0.5) is 0 Å². The molecule has 0 unspecified atom stereocenters. The number of hydrogen-bond donors (Lipinski definition) is 8. The third-order valence-corrected chi connectivity index (χ3v) is 4.95. The van der Waals surface area contributed by atoms with Gasteiger partial charge >= 0.3 is 11.9 Å². The molecule has 0 aliphatic heterocycles. The zero-order valence-corrected chi connectivity index (χ0v) is 20.3. The lowest BCUT2D eigenvalue weighted by atomic mass is 10.0. The van der Waals surface area contributed by atoms with Gasteiger partial charge in [-0.1, -0.05) is 13.8 Å². The van der Waals surface area contributed by atoms with Crippen molar-refractivity contribution in [2.45, 2.75) is 83.0 Å². The molecule has 0 rings (SSSR count). The van der Waals surface area contributed by atoms with Gasteiger partial charge in [-0.3, -0.25) is 28.8 Å². The standard InChI is InChI=1S/C21H36N6O9/c1-10(2)9-14(27-18(32)11(22)3-8-17(30)31)20(34)25-12(4-6-15(23)28)19(33)26-13(21(35)36)5-7-16(24)29/h10-14H,3-9,22H2,1-2H3,(H2,23,28)(H2,24,29)(H,25,34)(H,26,33)(H,27,32)(H,30,31)(H,35,36)/t11-,12-,13-,14-/m0/s1. The number of nitrogens with two attached hydrogens (primary N) is 3. The van der Waals surface area contributed by atoms with Gasteiger partial charge in [-0.05, 0) is 31.6 Å². The Labute approximate surface area is 207 Å². The number of carbonyl (C=O) groups is 7. The molecule has 0 heterocycles. The van der Waals surface area contributed by atoms with Crippen LogP contribution in [-0.2, 0) is 33.6 Å². The van der Waals surface area contributed by atoms with Crippen LogP contribution >= 0.6 is 0 Å². The Morgan fingerprint density at radius 2 is 1.11 bits per heavy atom. The highest BCUT2D eigenvalue weighted by Gasteiger charge is 2.31. The van der Waals surface area contributed by atoms with Crippen molar-refractivity contribution in [1.82, 2.24) is 16.0 Å². The first-order valence-electron chi connectivity index (χ1n) is 11.3. The van der Waals surface area contributed by atoms with Gasteiger partial charge in [-0.25, -0.2) is 4.79 Å². The minimum absolute atomic E-state index is 0.0978. The Hall–Kier alpha value is -3.75. The molecule has 0 aromatic heterocycles. The minimum Gasteiger partial charge on any atom is -0.481 e. The quantitative estimate of drug-likeness (QED) is 0.0932. The topological polar surface area (TPSA) is 274 Å². The van der Waals surface area contributed by atoms with Gasteiger partial charge in [0.25, 0.3) is 0 Å². The fraction of sp³-hybridized carbons (Fsp3) is 0.667. The summed E-state index contributed by atoms with van der Waals surface area (Å²) in [6.45, 7) is 3.54. The van der Waals surface area contributed by atoms with Gasteiger partial charge in [0.05, 0.1) is 6.04 Å². The fourth-order valence-corrected chi connectivity index (χ4v) is 3.04. The van der Waals surface area contributed by atoms with E-state index in [2.05, 4.69) is 16.0 Å². The molecule has 0 spiro atoms. The van der Waals surface area contributed by atoms with Gasteiger partial charge in [0, 0.05) is 19.3 Å². The van der Waals surface area contributed by atoms with Gasteiger partial charge in [0.15, 0.2) is 0 Å². The van der Waals surface area contributed by atoms with Crippen LogP contribution in [0.25, 0.3) is 0 Å². The first kappa shape index (κ1) is 32.2. The highest BCUT2D eigenvalue weighted by molar-refractivity contribution is 5.94. The van der Waals surface area contributed by atoms with Crippen LogP contribution in [0, 0.1) is 5.92 Å². The molecule has 0 aromatic carbocycles. The summed E-state index contributed by atoms with van der Waals surface area (Å²) in [4.78, 5) is 82.5. The lowest BCUT2D eigenvalue weighted by Gasteiger charge is -2.26. The fourth-order valence-electron chi connectivity index (χ4n) is 3.04. The Balaban J connectivity index is 5.57. The lowest BCUT2D eigenvalue weighted by Crippen LogP contribution is -2.57. The molecule has 0 aliphatic rings. The molecule has 15 nitrogen and oxygen atoms in total. The zero-order chi connectivity index (χ0) is 28.0. The molecule has 0 aliphatic carbocycles. The van der Waals surface area contributed by atoms with Gasteiger partial charge < -0.3 is 43.4 Å². The van der Waals surface area contributed by atoms with E-state index >= 15 is 0 Å². The Kier molecular flexibility index (Phi) is 14.4. The molecule has 11 N–H and O–H groups in total. The maximum atomic E-state index is 13.0. The molecule has 0 bridgehead atoms. The van der Waals surface area contributed by atoms with Crippen LogP contribution < -0.4 is 33.2 Å². The summed E-state index contributed by atoms with van der Waals surface area (Å²) in [6, 6.07) is -5.24. The molecule has 36 heavy (non-hydrogen) atoms. The van der Waals surface area contributed by atoms with E-state index in [9.17, 15) is 38.7 Å². The molecule has 0 saturated heterocycles. The van der Waals surface area contributed by atoms with Crippen LogP contribution in [0.1, 0.15) is 58.8 Å². The smallest absolute Gasteiger partial charge is 0.326 e. The van der Waals surface area contributed by atoms with Crippen molar-refractivity contribution >= 4 is 41.5 Å². The third kappa shape index (κ3) is 13.8. The number of carboxylic acid groups (broad SMARTS) is 2. The van der Waals surface area contributed by atoms with Crippen molar-refractivity contribution in [2.24, 2.45) is 23.1 Å². The van der Waals surface area contributed by atoms with Crippen molar-refractivity contribution in [1.29, 1.82) is 0 Å². The number of primary amides is 2. The van der Waals surface area contributed by atoms with Gasteiger partial charge in [0.2, 0.25) is 29.5 Å². The minimum atomic E-state index is -1.49. The maximum absolute atomic E-state index is 13.0. The number of carbonyl (C=O) groups excluding carboxylic acids is 5. The van der Waals surface area contributed by atoms with Crippen LogP contribution in [0.15, 0.2) is 0 Å². The summed E-state index contributed by atoms with van der Waals surface area (Å²) in [7, 11) is 0. The molecular weight excluding hydrogens is 480 g/mol. The summed E-state index contributed by atoms with van der Waals surface area (Å²) in [6.07, 6.45) is -1.60. The molecule has 15 heteroatoms. The van der Waals surface area contributed by atoms with Crippen molar-refractivity contribution in [3.63, 3.8) is 0 Å². The zero-order valence-electron chi connectivity index (χ0n) is 20.3. The third-order valence-electron chi connectivity index (χ3n) is 4.95. The maximum Gasteiger partial charge on any atom is 0.326 e. The van der Waals surface area contributed by atoms with E-state index in [0.717, 1.165) is 0 Å². The Morgan fingerprint density at radius 1 is 0.667 bits per heavy atom. The predicted octanol–water partition coefficient (Wildman–Crippen LogP) is -2.71. The van der Waals surface area contributed by atoms with Crippen LogP contribution in [-0.4, -0.2) is 75.9 Å². The molecule has 0 fully saturated rings. The number of hydrogen-bond acceptors (Lipinski definition) is 8. The SMILES string of the molecule is CC(C)C[C@H](NC(=O)[C@@H](N)CCC(=O)O)C(=O)N[C@@H](CCC(N)=O)C(=O)N[C@@H](CCC(N)=O)C(=O)O. The average molecular weight is 517 g/mol. The van der Waals surface area contributed by atoms with E-state index in [4.69, 9.17) is 22.3 Å². The highest BCUT2D eigenvalue weighted by atomic mass is 16.4. The number of nitrogens with one attached hydrogen (secondary N) is 3. The lowest BCUT2D eigenvalue weighted by molar-refractivity contribution is -0.143. The second kappa shape index (κ2) is 16.0. The second-order valence-electron chi connectivity index (χ2n) is 8.70. The molecule has 0 radical (unpaired) electrons. The first-order valence-corrected chi connectivity index (χ1v) is 11.3.